The van der Waals surface area contributed by atoms with Gasteiger partial charge in [0.1, 0.15) is 6.04 Å². The van der Waals surface area contributed by atoms with E-state index in [4.69, 9.17) is 4.74 Å². The van der Waals surface area contributed by atoms with Crippen LogP contribution in [-0.2, 0) is 14.3 Å². The molecule has 92 valence electrons. The second kappa shape index (κ2) is 6.10. The fourth-order valence-corrected chi connectivity index (χ4v) is 1.90. The summed E-state index contributed by atoms with van der Waals surface area (Å²) in [6.45, 7) is 3.97. The van der Waals surface area contributed by atoms with Gasteiger partial charge < -0.3 is 15.4 Å². The predicted octanol–water partition coefficient (Wildman–Crippen LogP) is -0.285. The molecule has 1 saturated heterocycles. The summed E-state index contributed by atoms with van der Waals surface area (Å²) >= 11 is 4.04. The number of nitrogens with one attached hydrogen (secondary N) is 2. The monoisotopic (exact) mass is 246 g/mol. The van der Waals surface area contributed by atoms with Crippen LogP contribution in [0, 0.1) is 0 Å². The van der Waals surface area contributed by atoms with E-state index < -0.39 is 6.04 Å². The van der Waals surface area contributed by atoms with Crippen LogP contribution in [0.5, 0.6) is 0 Å². The largest absolute Gasteiger partial charge is 0.376 e. The molecule has 1 aliphatic heterocycles. The van der Waals surface area contributed by atoms with Crippen molar-refractivity contribution in [2.45, 2.75) is 38.5 Å². The molecule has 1 aliphatic rings. The summed E-state index contributed by atoms with van der Waals surface area (Å²) in [4.78, 5) is 22.7. The van der Waals surface area contributed by atoms with Gasteiger partial charge in [-0.2, -0.15) is 12.6 Å². The first-order valence-electron chi connectivity index (χ1n) is 5.34. The lowest BCUT2D eigenvalue weighted by Crippen LogP contribution is -2.51. The first kappa shape index (κ1) is 13.3. The standard InChI is InChI=1S/C10H18N2O3S/c1-6-8(3-4-15-6)12-10(14)9(5-16)11-7(2)13/h6,8-9,16H,3-5H2,1-2H3,(H,11,13)(H,12,14). The Hall–Kier alpha value is -0.750. The molecule has 0 bridgehead atoms. The Morgan fingerprint density at radius 2 is 2.25 bits per heavy atom. The number of hydrogen-bond acceptors (Lipinski definition) is 4. The van der Waals surface area contributed by atoms with Gasteiger partial charge in [0.2, 0.25) is 11.8 Å². The maximum absolute atomic E-state index is 11.8. The second-order valence-electron chi connectivity index (χ2n) is 3.92. The summed E-state index contributed by atoms with van der Waals surface area (Å²) in [6, 6.07) is -0.544. The highest BCUT2D eigenvalue weighted by Gasteiger charge is 2.28. The van der Waals surface area contributed by atoms with Gasteiger partial charge >= 0.3 is 0 Å². The molecule has 0 aromatic rings. The fourth-order valence-electron chi connectivity index (χ4n) is 1.64. The molecule has 2 amide bonds. The average molecular weight is 246 g/mol. The first-order chi connectivity index (χ1) is 7.54. The molecular formula is C10H18N2O3S. The van der Waals surface area contributed by atoms with Crippen LogP contribution in [0.1, 0.15) is 20.3 Å². The number of amides is 2. The lowest BCUT2D eigenvalue weighted by atomic mass is 10.1. The number of carbonyl (C=O) groups is 2. The van der Waals surface area contributed by atoms with Gasteiger partial charge in [-0.05, 0) is 13.3 Å². The van der Waals surface area contributed by atoms with E-state index in [1.165, 1.54) is 6.92 Å². The van der Waals surface area contributed by atoms with Gasteiger partial charge in [0.25, 0.3) is 0 Å². The van der Waals surface area contributed by atoms with Crippen LogP contribution in [0.3, 0.4) is 0 Å². The molecule has 0 aromatic heterocycles. The Labute approximate surface area is 101 Å². The lowest BCUT2D eigenvalue weighted by molar-refractivity contribution is -0.128. The van der Waals surface area contributed by atoms with E-state index in [9.17, 15) is 9.59 Å². The minimum absolute atomic E-state index is 0.0295. The molecule has 0 aromatic carbocycles. The van der Waals surface area contributed by atoms with Crippen molar-refractivity contribution in [1.29, 1.82) is 0 Å². The molecule has 0 saturated carbocycles. The van der Waals surface area contributed by atoms with Crippen LogP contribution in [0.15, 0.2) is 0 Å². The average Bonchev–Trinajstić information content (AvgIpc) is 2.60. The minimum atomic E-state index is -0.575. The van der Waals surface area contributed by atoms with Crippen LogP contribution >= 0.6 is 12.6 Å². The molecule has 1 heterocycles. The summed E-state index contributed by atoms with van der Waals surface area (Å²) in [5.41, 5.74) is 0. The van der Waals surface area contributed by atoms with Crippen molar-refractivity contribution in [3.8, 4) is 0 Å². The third-order valence-corrected chi connectivity index (χ3v) is 2.95. The molecule has 3 atom stereocenters. The molecule has 6 heteroatoms. The van der Waals surface area contributed by atoms with Crippen molar-refractivity contribution < 1.29 is 14.3 Å². The second-order valence-corrected chi connectivity index (χ2v) is 4.28. The third kappa shape index (κ3) is 3.68. The molecule has 16 heavy (non-hydrogen) atoms. The summed E-state index contributed by atoms with van der Waals surface area (Å²) in [6.07, 6.45) is 0.841. The van der Waals surface area contributed by atoms with Gasteiger partial charge in [-0.25, -0.2) is 0 Å². The van der Waals surface area contributed by atoms with Crippen molar-refractivity contribution >= 4 is 24.4 Å². The van der Waals surface area contributed by atoms with E-state index in [0.717, 1.165) is 6.42 Å². The van der Waals surface area contributed by atoms with Gasteiger partial charge in [-0.1, -0.05) is 0 Å². The normalized spacial score (nSPS) is 26.2. The van der Waals surface area contributed by atoms with Crippen LogP contribution in [0.4, 0.5) is 0 Å². The van der Waals surface area contributed by atoms with Crippen molar-refractivity contribution in [2.24, 2.45) is 0 Å². The van der Waals surface area contributed by atoms with Crippen LogP contribution in [0.2, 0.25) is 0 Å². The first-order valence-corrected chi connectivity index (χ1v) is 5.97. The highest BCUT2D eigenvalue weighted by molar-refractivity contribution is 7.80. The number of rotatable bonds is 4. The van der Waals surface area contributed by atoms with E-state index in [1.54, 1.807) is 0 Å². The Morgan fingerprint density at radius 1 is 1.56 bits per heavy atom. The van der Waals surface area contributed by atoms with Gasteiger partial charge in [0.15, 0.2) is 0 Å². The Bertz CT molecular complexity index is 273. The van der Waals surface area contributed by atoms with E-state index in [2.05, 4.69) is 23.3 Å². The van der Waals surface area contributed by atoms with E-state index >= 15 is 0 Å². The number of hydrogen-bond donors (Lipinski definition) is 3. The smallest absolute Gasteiger partial charge is 0.243 e. The Balaban J connectivity index is 2.45. The molecular weight excluding hydrogens is 228 g/mol. The van der Waals surface area contributed by atoms with Crippen LogP contribution in [-0.4, -0.2) is 42.4 Å². The van der Waals surface area contributed by atoms with E-state index in [1.807, 2.05) is 6.92 Å². The molecule has 0 aliphatic carbocycles. The van der Waals surface area contributed by atoms with Gasteiger partial charge in [-0.3, -0.25) is 9.59 Å². The van der Waals surface area contributed by atoms with Gasteiger partial charge in [0, 0.05) is 19.3 Å². The number of carbonyl (C=O) groups excluding carboxylic acids is 2. The summed E-state index contributed by atoms with van der Waals surface area (Å²) in [5.74, 6) is -0.148. The highest BCUT2D eigenvalue weighted by atomic mass is 32.1. The van der Waals surface area contributed by atoms with Crippen molar-refractivity contribution in [2.75, 3.05) is 12.4 Å². The van der Waals surface area contributed by atoms with E-state index in [-0.39, 0.29) is 29.7 Å². The summed E-state index contributed by atoms with van der Waals surface area (Å²) in [5, 5.41) is 5.41. The van der Waals surface area contributed by atoms with Crippen molar-refractivity contribution in [3.05, 3.63) is 0 Å². The van der Waals surface area contributed by atoms with Crippen molar-refractivity contribution in [3.63, 3.8) is 0 Å². The zero-order chi connectivity index (χ0) is 12.1. The molecule has 1 fully saturated rings. The SMILES string of the molecule is CC(=O)NC(CS)C(=O)NC1CCOC1C. The van der Waals surface area contributed by atoms with Gasteiger partial charge in [-0.15, -0.1) is 0 Å². The summed E-state index contributed by atoms with van der Waals surface area (Å²) in [7, 11) is 0. The molecule has 0 spiro atoms. The summed E-state index contributed by atoms with van der Waals surface area (Å²) < 4.78 is 5.34. The molecule has 1 rings (SSSR count). The third-order valence-electron chi connectivity index (χ3n) is 2.58. The van der Waals surface area contributed by atoms with E-state index in [0.29, 0.717) is 6.61 Å². The zero-order valence-electron chi connectivity index (χ0n) is 9.53. The quantitative estimate of drug-likeness (QED) is 0.597. The topological polar surface area (TPSA) is 67.4 Å². The van der Waals surface area contributed by atoms with Crippen LogP contribution < -0.4 is 10.6 Å². The highest BCUT2D eigenvalue weighted by Crippen LogP contribution is 2.12. The van der Waals surface area contributed by atoms with Crippen LogP contribution in [0.25, 0.3) is 0 Å². The zero-order valence-corrected chi connectivity index (χ0v) is 10.4. The molecule has 0 radical (unpaired) electrons. The lowest BCUT2D eigenvalue weighted by Gasteiger charge is -2.20. The predicted molar refractivity (Wildman–Crippen MR) is 63.4 cm³/mol. The maximum Gasteiger partial charge on any atom is 0.243 e. The Morgan fingerprint density at radius 3 is 2.69 bits per heavy atom. The molecule has 5 nitrogen and oxygen atoms in total. The fraction of sp³-hybridized carbons (Fsp3) is 0.800. The van der Waals surface area contributed by atoms with Crippen molar-refractivity contribution in [1.82, 2.24) is 10.6 Å². The van der Waals surface area contributed by atoms with Gasteiger partial charge in [0.05, 0.1) is 12.1 Å². The molecule has 3 unspecified atom stereocenters. The number of ether oxygens (including phenoxy) is 1. The Kier molecular flexibility index (Phi) is 5.08. The maximum atomic E-state index is 11.8. The minimum Gasteiger partial charge on any atom is -0.376 e. The molecule has 2 N–H and O–H groups in total. The number of thiol groups is 1.